The summed E-state index contributed by atoms with van der Waals surface area (Å²) in [6.45, 7) is 47.5. The van der Waals surface area contributed by atoms with Crippen molar-refractivity contribution in [2.75, 3.05) is 52.4 Å². The van der Waals surface area contributed by atoms with E-state index in [9.17, 15) is 0 Å². The van der Waals surface area contributed by atoms with E-state index in [1.54, 1.807) is 0 Å². The van der Waals surface area contributed by atoms with Gasteiger partial charge in [0.15, 0.2) is 0 Å². The Balaban J connectivity index is 0.000000320. The SMILES string of the molecule is CC(C)C1CCC(C(C)C)CC1.CC(C)C1CCN(C(C)C)CC1.CC(C)C1CCN(C(C)C)CC1.CC(C)N1CCN(C(C)C)CC1. The first-order chi connectivity index (χ1) is 22.4. The second kappa shape index (κ2) is 24.2. The maximum absolute atomic E-state index is 2.60. The maximum Gasteiger partial charge on any atom is 0.0113 e. The van der Waals surface area contributed by atoms with Gasteiger partial charge < -0.3 is 9.80 Å². The monoisotopic (exact) mass is 677 g/mol. The lowest BCUT2D eigenvalue weighted by Crippen LogP contribution is -2.50. The van der Waals surface area contributed by atoms with Crippen LogP contribution in [0.25, 0.3) is 0 Å². The fourth-order valence-corrected chi connectivity index (χ4v) is 8.45. The molecule has 288 valence electrons. The molecule has 4 heteroatoms. The fourth-order valence-electron chi connectivity index (χ4n) is 8.45. The minimum Gasteiger partial charge on any atom is -0.301 e. The van der Waals surface area contributed by atoms with Gasteiger partial charge in [0.1, 0.15) is 0 Å². The third-order valence-electron chi connectivity index (χ3n) is 13.0. The van der Waals surface area contributed by atoms with Crippen molar-refractivity contribution < 1.29 is 0 Å². The summed E-state index contributed by atoms with van der Waals surface area (Å²) in [6.07, 6.45) is 11.6. The summed E-state index contributed by atoms with van der Waals surface area (Å²) < 4.78 is 0. The van der Waals surface area contributed by atoms with Crippen molar-refractivity contribution >= 4 is 0 Å². The van der Waals surface area contributed by atoms with E-state index in [1.807, 2.05) is 0 Å². The van der Waals surface area contributed by atoms with E-state index in [1.165, 1.54) is 104 Å². The first-order valence-electron chi connectivity index (χ1n) is 21.4. The normalized spacial score (nSPS) is 24.8. The van der Waals surface area contributed by atoms with Gasteiger partial charge >= 0.3 is 0 Å². The number of piperazine rings is 1. The van der Waals surface area contributed by atoms with Gasteiger partial charge in [0.2, 0.25) is 0 Å². The average molecular weight is 677 g/mol. The molecule has 4 nitrogen and oxygen atoms in total. The molecule has 4 fully saturated rings. The van der Waals surface area contributed by atoms with Crippen LogP contribution in [0.2, 0.25) is 0 Å². The Kier molecular flexibility index (Phi) is 23.1. The van der Waals surface area contributed by atoms with Crippen LogP contribution in [0.1, 0.15) is 162 Å². The summed E-state index contributed by atoms with van der Waals surface area (Å²) in [5.41, 5.74) is 0. The molecule has 0 atom stereocenters. The molecule has 0 aromatic rings. The lowest BCUT2D eigenvalue weighted by Gasteiger charge is -2.38. The Labute approximate surface area is 304 Å². The smallest absolute Gasteiger partial charge is 0.0113 e. The van der Waals surface area contributed by atoms with Crippen molar-refractivity contribution in [2.45, 2.75) is 186 Å². The van der Waals surface area contributed by atoms with Crippen LogP contribution in [-0.4, -0.2) is 96.1 Å². The molecule has 1 saturated carbocycles. The van der Waals surface area contributed by atoms with Crippen LogP contribution in [0, 0.1) is 47.3 Å². The molecule has 0 spiro atoms. The van der Waals surface area contributed by atoms with E-state index in [-0.39, 0.29) is 0 Å². The highest BCUT2D eigenvalue weighted by molar-refractivity contribution is 4.78. The minimum absolute atomic E-state index is 0.722. The van der Waals surface area contributed by atoms with Crippen molar-refractivity contribution in [2.24, 2.45) is 47.3 Å². The van der Waals surface area contributed by atoms with E-state index in [0.29, 0.717) is 0 Å². The van der Waals surface area contributed by atoms with Gasteiger partial charge in [-0.25, -0.2) is 0 Å². The summed E-state index contributed by atoms with van der Waals surface area (Å²) in [6, 6.07) is 2.94. The summed E-state index contributed by atoms with van der Waals surface area (Å²) in [5.74, 6) is 7.63. The summed E-state index contributed by atoms with van der Waals surface area (Å²) in [5, 5.41) is 0. The highest BCUT2D eigenvalue weighted by Crippen LogP contribution is 2.36. The van der Waals surface area contributed by atoms with Gasteiger partial charge in [-0.1, -0.05) is 55.4 Å². The van der Waals surface area contributed by atoms with Crippen LogP contribution < -0.4 is 0 Å². The Morgan fingerprint density at radius 2 is 0.417 bits per heavy atom. The number of nitrogens with zero attached hydrogens (tertiary/aromatic N) is 4. The van der Waals surface area contributed by atoms with Crippen LogP contribution in [0.15, 0.2) is 0 Å². The lowest BCUT2D eigenvalue weighted by molar-refractivity contribution is 0.0887. The zero-order valence-electron chi connectivity index (χ0n) is 36.0. The fraction of sp³-hybridized carbons (Fsp3) is 1.00. The van der Waals surface area contributed by atoms with Crippen molar-refractivity contribution in [3.8, 4) is 0 Å². The Morgan fingerprint density at radius 3 is 0.583 bits per heavy atom. The summed E-state index contributed by atoms with van der Waals surface area (Å²) in [7, 11) is 0. The zero-order chi connectivity index (χ0) is 36.6. The Bertz CT molecular complexity index is 548. The molecule has 0 aromatic carbocycles. The van der Waals surface area contributed by atoms with Crippen molar-refractivity contribution in [1.82, 2.24) is 19.6 Å². The van der Waals surface area contributed by atoms with Crippen LogP contribution >= 0.6 is 0 Å². The van der Waals surface area contributed by atoms with Crippen molar-refractivity contribution in [3.05, 3.63) is 0 Å². The molecule has 0 unspecified atom stereocenters. The summed E-state index contributed by atoms with van der Waals surface area (Å²) in [4.78, 5) is 10.3. The number of hydrogen-bond acceptors (Lipinski definition) is 4. The quantitative estimate of drug-likeness (QED) is 0.254. The van der Waals surface area contributed by atoms with Crippen LogP contribution in [0.5, 0.6) is 0 Å². The number of likely N-dealkylation sites (tertiary alicyclic amines) is 2. The van der Waals surface area contributed by atoms with E-state index >= 15 is 0 Å². The second-order valence-electron chi connectivity index (χ2n) is 18.8. The van der Waals surface area contributed by atoms with E-state index in [4.69, 9.17) is 0 Å². The van der Waals surface area contributed by atoms with Gasteiger partial charge in [-0.3, -0.25) is 9.80 Å². The van der Waals surface area contributed by atoms with E-state index in [2.05, 4.69) is 130 Å². The molecule has 48 heavy (non-hydrogen) atoms. The maximum atomic E-state index is 2.60. The zero-order valence-corrected chi connectivity index (χ0v) is 36.0. The number of piperidine rings is 2. The van der Waals surface area contributed by atoms with Gasteiger partial charge in [-0.15, -0.1) is 0 Å². The molecule has 3 aliphatic heterocycles. The van der Waals surface area contributed by atoms with Crippen LogP contribution in [0.3, 0.4) is 0 Å². The van der Waals surface area contributed by atoms with Gasteiger partial charge in [-0.05, 0) is 180 Å². The molecule has 0 amide bonds. The van der Waals surface area contributed by atoms with Crippen LogP contribution in [0.4, 0.5) is 0 Å². The Hall–Kier alpha value is -0.160. The van der Waals surface area contributed by atoms with Crippen LogP contribution in [-0.2, 0) is 0 Å². The highest BCUT2D eigenvalue weighted by Gasteiger charge is 2.25. The molecule has 0 bridgehead atoms. The summed E-state index contributed by atoms with van der Waals surface area (Å²) >= 11 is 0. The topological polar surface area (TPSA) is 13.0 Å². The van der Waals surface area contributed by atoms with Crippen molar-refractivity contribution in [1.29, 1.82) is 0 Å². The third kappa shape index (κ3) is 17.9. The molecule has 3 saturated heterocycles. The predicted molar refractivity (Wildman–Crippen MR) is 217 cm³/mol. The first-order valence-corrected chi connectivity index (χ1v) is 21.4. The first kappa shape index (κ1) is 45.9. The molecule has 0 N–H and O–H groups in total. The highest BCUT2D eigenvalue weighted by atomic mass is 15.3. The van der Waals surface area contributed by atoms with Gasteiger partial charge in [0.05, 0.1) is 0 Å². The molecule has 0 aromatic heterocycles. The van der Waals surface area contributed by atoms with E-state index in [0.717, 1.165) is 71.5 Å². The third-order valence-corrected chi connectivity index (χ3v) is 13.0. The molecule has 3 heterocycles. The average Bonchev–Trinajstić information content (AvgIpc) is 3.05. The largest absolute Gasteiger partial charge is 0.301 e. The van der Waals surface area contributed by atoms with Gasteiger partial charge in [0.25, 0.3) is 0 Å². The van der Waals surface area contributed by atoms with Gasteiger partial charge in [0, 0.05) is 50.3 Å². The van der Waals surface area contributed by atoms with Gasteiger partial charge in [-0.2, -0.15) is 0 Å². The molecular weight excluding hydrogens is 585 g/mol. The molecular formula is C44H92N4. The lowest BCUT2D eigenvalue weighted by atomic mass is 9.73. The second-order valence-corrected chi connectivity index (χ2v) is 18.8. The molecule has 1 aliphatic carbocycles. The standard InChI is InChI=1S/C12H24.2C11H23N.C10H22N2/c4*1-9(2)11-5-7-12(8-6-11)10(3)4/h9-12H,5-8H2,1-4H3;2*9-11H,5-8H2,1-4H3;9-10H,5-8H2,1-4H3. The molecule has 0 radical (unpaired) electrons. The minimum atomic E-state index is 0.722. The van der Waals surface area contributed by atoms with Crippen molar-refractivity contribution in [3.63, 3.8) is 0 Å². The molecule has 4 rings (SSSR count). The number of rotatable bonds is 8. The number of hydrogen-bond donors (Lipinski definition) is 0. The van der Waals surface area contributed by atoms with E-state index < -0.39 is 0 Å². The molecule has 4 aliphatic rings. The Morgan fingerprint density at radius 1 is 0.250 bits per heavy atom. The predicted octanol–water partition coefficient (Wildman–Crippen LogP) is 11.1.